The molecule has 2 aromatic heterocycles. The first-order valence-corrected chi connectivity index (χ1v) is 10.5. The number of aromatic nitrogens is 2. The fourth-order valence-electron chi connectivity index (χ4n) is 4.47. The second-order valence-electron chi connectivity index (χ2n) is 7.53. The van der Waals surface area contributed by atoms with E-state index in [4.69, 9.17) is 27.6 Å². The van der Waals surface area contributed by atoms with E-state index in [-0.39, 0.29) is 21.4 Å². The lowest BCUT2D eigenvalue weighted by molar-refractivity contribution is 0.518. The van der Waals surface area contributed by atoms with Crippen LogP contribution in [0, 0.1) is 0 Å². The van der Waals surface area contributed by atoms with Gasteiger partial charge in [0, 0.05) is 21.0 Å². The van der Waals surface area contributed by atoms with E-state index in [1.54, 1.807) is 60.7 Å². The Balaban J connectivity index is 1.89. The van der Waals surface area contributed by atoms with Gasteiger partial charge in [-0.2, -0.15) is 0 Å². The highest BCUT2D eigenvalue weighted by Gasteiger charge is 2.38. The van der Waals surface area contributed by atoms with E-state index >= 15 is 0 Å². The molecule has 3 heterocycles. The first kappa shape index (κ1) is 19.1. The van der Waals surface area contributed by atoms with Gasteiger partial charge >= 0.3 is 5.63 Å². The van der Waals surface area contributed by atoms with Crippen LogP contribution in [-0.4, -0.2) is 9.36 Å². The fraction of sp³-hybridized carbons (Fsp3) is 0.0417. The molecule has 8 heteroatoms. The third kappa shape index (κ3) is 2.45. The Hall–Kier alpha value is -3.61. The fourth-order valence-corrected chi connectivity index (χ4v) is 4.99. The van der Waals surface area contributed by atoms with Crippen LogP contribution in [0.1, 0.15) is 17.2 Å². The average Bonchev–Trinajstić information content (AvgIpc) is 3.15. The smallest absolute Gasteiger partial charge is 0.344 e. The maximum atomic E-state index is 13.7. The Morgan fingerprint density at radius 2 is 1.44 bits per heavy atom. The van der Waals surface area contributed by atoms with Gasteiger partial charge in [-0.3, -0.25) is 9.59 Å². The molecule has 1 aliphatic rings. The summed E-state index contributed by atoms with van der Waals surface area (Å²) < 4.78 is 8.13. The van der Waals surface area contributed by atoms with E-state index < -0.39 is 22.8 Å². The van der Waals surface area contributed by atoms with E-state index in [2.05, 4.69) is 0 Å². The minimum absolute atomic E-state index is 0.169. The molecule has 0 fully saturated rings. The molecule has 0 radical (unpaired) electrons. The van der Waals surface area contributed by atoms with Crippen LogP contribution in [0.15, 0.2) is 85.5 Å². The van der Waals surface area contributed by atoms with Crippen molar-refractivity contribution in [3.8, 4) is 5.69 Å². The quantitative estimate of drug-likeness (QED) is 0.336. The van der Waals surface area contributed by atoms with Crippen molar-refractivity contribution in [2.45, 2.75) is 6.04 Å². The second-order valence-corrected chi connectivity index (χ2v) is 8.37. The van der Waals surface area contributed by atoms with Crippen molar-refractivity contribution in [1.82, 2.24) is 9.36 Å². The van der Waals surface area contributed by atoms with Crippen molar-refractivity contribution < 1.29 is 4.42 Å². The average molecular weight is 463 g/mol. The number of para-hydroxylation sites is 1. The van der Waals surface area contributed by atoms with Crippen LogP contribution in [0.3, 0.4) is 0 Å². The Morgan fingerprint density at radius 3 is 2.16 bits per heavy atom. The van der Waals surface area contributed by atoms with E-state index in [1.165, 1.54) is 15.4 Å². The lowest BCUT2D eigenvalue weighted by Gasteiger charge is -2.17. The molecule has 6 nitrogen and oxygen atoms in total. The summed E-state index contributed by atoms with van der Waals surface area (Å²) in [6, 6.07) is 17.3. The van der Waals surface area contributed by atoms with Gasteiger partial charge in [0.25, 0.3) is 11.1 Å². The van der Waals surface area contributed by atoms with Crippen LogP contribution in [0.25, 0.3) is 27.4 Å². The molecule has 156 valence electrons. The second kappa shape index (κ2) is 6.69. The van der Waals surface area contributed by atoms with E-state index in [0.29, 0.717) is 27.2 Å². The van der Waals surface area contributed by atoms with Crippen LogP contribution in [0.2, 0.25) is 10.0 Å². The number of fused-ring (bicyclic) bond motifs is 6. The molecule has 0 bridgehead atoms. The number of benzene rings is 3. The zero-order valence-electron chi connectivity index (χ0n) is 16.2. The summed E-state index contributed by atoms with van der Waals surface area (Å²) in [5.74, 6) is 0. The standard InChI is InChI=1S/C24H12Cl2N2O4/c25-12-9-10-15(17(26)11-12)20-19-21(16-7-3-4-8-18(16)32-24(19)31)28-23(30)14-6-2-1-5-13(14)22(29)27(20)28/h1-11,20H. The zero-order valence-corrected chi connectivity index (χ0v) is 17.7. The molecule has 0 aliphatic carbocycles. The van der Waals surface area contributed by atoms with Crippen molar-refractivity contribution >= 4 is 44.9 Å². The van der Waals surface area contributed by atoms with Crippen molar-refractivity contribution in [3.05, 3.63) is 119 Å². The van der Waals surface area contributed by atoms with Crippen LogP contribution < -0.4 is 16.7 Å². The summed E-state index contributed by atoms with van der Waals surface area (Å²) in [6.07, 6.45) is 0. The van der Waals surface area contributed by atoms with E-state index in [0.717, 1.165) is 0 Å². The number of rotatable bonds is 1. The summed E-state index contributed by atoms with van der Waals surface area (Å²) >= 11 is 12.6. The third-order valence-electron chi connectivity index (χ3n) is 5.81. The molecule has 1 aliphatic heterocycles. The molecule has 0 spiro atoms. The van der Waals surface area contributed by atoms with Gasteiger partial charge in [-0.25, -0.2) is 14.2 Å². The number of hydrogen-bond acceptors (Lipinski definition) is 4. The van der Waals surface area contributed by atoms with Gasteiger partial charge in [-0.15, -0.1) is 0 Å². The topological polar surface area (TPSA) is 74.2 Å². The predicted molar refractivity (Wildman–Crippen MR) is 124 cm³/mol. The summed E-state index contributed by atoms with van der Waals surface area (Å²) in [5.41, 5.74) is -0.210. The van der Waals surface area contributed by atoms with E-state index in [1.807, 2.05) is 0 Å². The lowest BCUT2D eigenvalue weighted by atomic mass is 9.98. The van der Waals surface area contributed by atoms with E-state index in [9.17, 15) is 14.4 Å². The van der Waals surface area contributed by atoms with Crippen LogP contribution in [0.4, 0.5) is 0 Å². The maximum absolute atomic E-state index is 13.7. The molecule has 1 atom stereocenters. The Labute approximate surface area is 189 Å². The van der Waals surface area contributed by atoms with Gasteiger partial charge in [0.05, 0.1) is 22.0 Å². The summed E-state index contributed by atoms with van der Waals surface area (Å²) in [6.45, 7) is 0. The largest absolute Gasteiger partial charge is 0.422 e. The first-order valence-electron chi connectivity index (χ1n) is 9.75. The normalized spacial score (nSPS) is 14.6. The Morgan fingerprint density at radius 1 is 0.781 bits per heavy atom. The van der Waals surface area contributed by atoms with Gasteiger partial charge in [0.1, 0.15) is 11.6 Å². The summed E-state index contributed by atoms with van der Waals surface area (Å²) in [5, 5.41) is 1.73. The number of nitrogens with zero attached hydrogens (tertiary/aromatic N) is 2. The number of halogens is 2. The molecule has 5 aromatic rings. The first-order chi connectivity index (χ1) is 15.5. The van der Waals surface area contributed by atoms with Gasteiger partial charge in [0.15, 0.2) is 0 Å². The molecule has 0 N–H and O–H groups in total. The zero-order chi connectivity index (χ0) is 22.1. The molecular weight excluding hydrogens is 451 g/mol. The van der Waals surface area contributed by atoms with Gasteiger partial charge < -0.3 is 4.42 Å². The molecule has 0 saturated carbocycles. The van der Waals surface area contributed by atoms with Crippen molar-refractivity contribution in [2.75, 3.05) is 0 Å². The Kier molecular flexibility index (Phi) is 4.00. The van der Waals surface area contributed by atoms with Crippen LogP contribution in [-0.2, 0) is 0 Å². The lowest BCUT2D eigenvalue weighted by Crippen LogP contribution is -2.36. The predicted octanol–water partition coefficient (Wildman–Crippen LogP) is 4.52. The molecule has 0 saturated heterocycles. The molecule has 1 unspecified atom stereocenters. The minimum Gasteiger partial charge on any atom is -0.422 e. The van der Waals surface area contributed by atoms with Gasteiger partial charge in [0.2, 0.25) is 0 Å². The molecular formula is C24H12Cl2N2O4. The summed E-state index contributed by atoms with van der Waals surface area (Å²) in [7, 11) is 0. The molecule has 0 amide bonds. The van der Waals surface area contributed by atoms with Crippen molar-refractivity contribution in [2.24, 2.45) is 0 Å². The molecule has 6 rings (SSSR count). The third-order valence-corrected chi connectivity index (χ3v) is 6.37. The Bertz CT molecular complexity index is 1780. The SMILES string of the molecule is O=c1oc2ccccc2c2c1C(c1ccc(Cl)cc1Cl)n1c(=O)c3ccccc3c(=O)n1-2. The molecule has 32 heavy (non-hydrogen) atoms. The van der Waals surface area contributed by atoms with Crippen LogP contribution in [0.5, 0.6) is 0 Å². The number of hydrogen-bond donors (Lipinski definition) is 0. The van der Waals surface area contributed by atoms with Gasteiger partial charge in [-0.05, 0) is 36.4 Å². The highest BCUT2D eigenvalue weighted by atomic mass is 35.5. The highest BCUT2D eigenvalue weighted by molar-refractivity contribution is 6.35. The minimum atomic E-state index is -0.958. The van der Waals surface area contributed by atoms with Crippen molar-refractivity contribution in [1.29, 1.82) is 0 Å². The highest BCUT2D eigenvalue weighted by Crippen LogP contribution is 2.40. The maximum Gasteiger partial charge on any atom is 0.344 e. The summed E-state index contributed by atoms with van der Waals surface area (Å²) in [4.78, 5) is 40.5. The van der Waals surface area contributed by atoms with Crippen molar-refractivity contribution in [3.63, 3.8) is 0 Å². The van der Waals surface area contributed by atoms with Crippen LogP contribution >= 0.6 is 23.2 Å². The molecule has 3 aromatic carbocycles. The van der Waals surface area contributed by atoms with Gasteiger partial charge in [-0.1, -0.05) is 53.5 Å². The monoisotopic (exact) mass is 462 g/mol.